The molecule has 0 N–H and O–H groups in total. The van der Waals surface area contributed by atoms with Crippen molar-refractivity contribution in [2.24, 2.45) is 0 Å². The molecule has 0 spiro atoms. The van der Waals surface area contributed by atoms with Crippen LogP contribution in [-0.2, 0) is 20.9 Å². The first-order valence-electron chi connectivity index (χ1n) is 11.4. The van der Waals surface area contributed by atoms with Crippen LogP contribution >= 0.6 is 12.4 Å². The number of anilines is 1. The molecule has 0 bridgehead atoms. The van der Waals surface area contributed by atoms with Crippen molar-refractivity contribution in [3.63, 3.8) is 0 Å². The lowest BCUT2D eigenvalue weighted by molar-refractivity contribution is -0.132. The first kappa shape index (κ1) is 26.6. The highest BCUT2D eigenvalue weighted by molar-refractivity contribution is 6.02. The number of methoxy groups -OCH3 is 2. The summed E-state index contributed by atoms with van der Waals surface area (Å²) in [6.07, 6.45) is 0. The number of halogens is 1. The Kier molecular flexibility index (Phi) is 9.59. The van der Waals surface area contributed by atoms with E-state index < -0.39 is 0 Å². The van der Waals surface area contributed by atoms with E-state index in [-0.39, 0.29) is 37.4 Å². The number of hydrogen-bond acceptors (Lipinski definition) is 7. The van der Waals surface area contributed by atoms with Gasteiger partial charge in [-0.3, -0.25) is 19.4 Å². The monoisotopic (exact) mass is 505 g/mol. The van der Waals surface area contributed by atoms with E-state index in [1.54, 1.807) is 31.3 Å². The minimum Gasteiger partial charge on any atom is -0.493 e. The summed E-state index contributed by atoms with van der Waals surface area (Å²) in [5.41, 5.74) is 1.54. The fourth-order valence-corrected chi connectivity index (χ4v) is 4.14. The smallest absolute Gasteiger partial charge is 0.265 e. The second-order valence-electron chi connectivity index (χ2n) is 8.19. The summed E-state index contributed by atoms with van der Waals surface area (Å²) < 4.78 is 21.7. The molecule has 190 valence electrons. The second-order valence-corrected chi connectivity index (χ2v) is 8.19. The first-order valence-corrected chi connectivity index (χ1v) is 11.4. The molecule has 2 aromatic carbocycles. The highest BCUT2D eigenvalue weighted by Gasteiger charge is 2.29. The molecule has 4 rings (SSSR count). The molecule has 1 fully saturated rings. The lowest BCUT2D eigenvalue weighted by atomic mass is 10.1. The van der Waals surface area contributed by atoms with Crippen LogP contribution in [0.15, 0.2) is 42.5 Å². The largest absolute Gasteiger partial charge is 0.493 e. The van der Waals surface area contributed by atoms with Crippen LogP contribution in [0.5, 0.6) is 17.2 Å². The quantitative estimate of drug-likeness (QED) is 0.517. The third-order valence-electron chi connectivity index (χ3n) is 6.07. The molecule has 2 aliphatic rings. The maximum absolute atomic E-state index is 13.5. The Morgan fingerprint density at radius 3 is 2.54 bits per heavy atom. The third kappa shape index (κ3) is 6.56. The van der Waals surface area contributed by atoms with Gasteiger partial charge in [0.1, 0.15) is 12.3 Å². The Labute approximate surface area is 211 Å². The zero-order valence-electron chi connectivity index (χ0n) is 20.1. The summed E-state index contributed by atoms with van der Waals surface area (Å²) in [4.78, 5) is 31.7. The molecule has 1 saturated heterocycles. The van der Waals surface area contributed by atoms with Crippen molar-refractivity contribution < 1.29 is 28.5 Å². The minimum atomic E-state index is -0.230. The molecule has 0 unspecified atom stereocenters. The number of hydrogen-bond donors (Lipinski definition) is 0. The zero-order valence-corrected chi connectivity index (χ0v) is 20.9. The van der Waals surface area contributed by atoms with Gasteiger partial charge in [-0.1, -0.05) is 18.2 Å². The van der Waals surface area contributed by atoms with Gasteiger partial charge >= 0.3 is 0 Å². The number of rotatable bonds is 9. The number of morpholine rings is 1. The molecule has 0 aromatic heterocycles. The van der Waals surface area contributed by atoms with Crippen molar-refractivity contribution in [3.8, 4) is 17.2 Å². The Hall–Kier alpha value is -3.01. The van der Waals surface area contributed by atoms with Crippen LogP contribution in [0, 0.1) is 0 Å². The molecule has 0 saturated carbocycles. The molecule has 0 radical (unpaired) electrons. The van der Waals surface area contributed by atoms with E-state index in [0.29, 0.717) is 49.2 Å². The van der Waals surface area contributed by atoms with Crippen LogP contribution in [0.4, 0.5) is 5.69 Å². The highest BCUT2D eigenvalue weighted by atomic mass is 35.5. The maximum atomic E-state index is 13.5. The number of para-hydroxylation sites is 2. The molecule has 2 amide bonds. The van der Waals surface area contributed by atoms with Crippen molar-refractivity contribution in [1.82, 2.24) is 9.80 Å². The van der Waals surface area contributed by atoms with Crippen LogP contribution in [-0.4, -0.2) is 88.4 Å². The molecule has 0 aliphatic carbocycles. The SMILES string of the molecule is COc1ccc(CN(CCN2CCOCC2)C(=O)CN2C(=O)COc3ccccc32)cc1OC.Cl. The summed E-state index contributed by atoms with van der Waals surface area (Å²) in [5.74, 6) is 1.49. The Morgan fingerprint density at radius 1 is 1.06 bits per heavy atom. The van der Waals surface area contributed by atoms with Gasteiger partial charge in [-0.25, -0.2) is 0 Å². The predicted molar refractivity (Wildman–Crippen MR) is 134 cm³/mol. The number of benzene rings is 2. The lowest BCUT2D eigenvalue weighted by Gasteiger charge is -2.33. The van der Waals surface area contributed by atoms with Gasteiger partial charge in [-0.15, -0.1) is 12.4 Å². The van der Waals surface area contributed by atoms with E-state index in [9.17, 15) is 9.59 Å². The van der Waals surface area contributed by atoms with Gasteiger partial charge in [-0.2, -0.15) is 0 Å². The highest BCUT2D eigenvalue weighted by Crippen LogP contribution is 2.32. The fraction of sp³-hybridized carbons (Fsp3) is 0.440. The van der Waals surface area contributed by atoms with E-state index in [1.807, 2.05) is 30.3 Å². The van der Waals surface area contributed by atoms with Gasteiger partial charge in [0.05, 0.1) is 33.1 Å². The van der Waals surface area contributed by atoms with Crippen LogP contribution in [0.3, 0.4) is 0 Å². The molecule has 35 heavy (non-hydrogen) atoms. The predicted octanol–water partition coefficient (Wildman–Crippen LogP) is 2.21. The third-order valence-corrected chi connectivity index (χ3v) is 6.07. The molecule has 2 heterocycles. The molecule has 9 nitrogen and oxygen atoms in total. The summed E-state index contributed by atoms with van der Waals surface area (Å²) >= 11 is 0. The number of nitrogens with zero attached hydrogens (tertiary/aromatic N) is 3. The molecule has 10 heteroatoms. The summed E-state index contributed by atoms with van der Waals surface area (Å²) in [5, 5.41) is 0. The van der Waals surface area contributed by atoms with E-state index in [4.69, 9.17) is 18.9 Å². The Bertz CT molecular complexity index is 1010. The van der Waals surface area contributed by atoms with Gasteiger partial charge in [0.25, 0.3) is 5.91 Å². The average molecular weight is 506 g/mol. The molecule has 0 atom stereocenters. The molecule has 2 aromatic rings. The van der Waals surface area contributed by atoms with Crippen molar-refractivity contribution in [2.75, 3.05) is 71.7 Å². The van der Waals surface area contributed by atoms with Crippen LogP contribution in [0.1, 0.15) is 5.56 Å². The average Bonchev–Trinajstić information content (AvgIpc) is 2.88. The fourth-order valence-electron chi connectivity index (χ4n) is 4.14. The topological polar surface area (TPSA) is 80.8 Å². The Balaban J connectivity index is 0.00000342. The van der Waals surface area contributed by atoms with E-state index in [0.717, 1.165) is 25.2 Å². The van der Waals surface area contributed by atoms with Crippen LogP contribution < -0.4 is 19.1 Å². The zero-order chi connectivity index (χ0) is 23.9. The Morgan fingerprint density at radius 2 is 1.80 bits per heavy atom. The van der Waals surface area contributed by atoms with E-state index in [2.05, 4.69) is 4.90 Å². The van der Waals surface area contributed by atoms with Crippen LogP contribution in [0.25, 0.3) is 0 Å². The minimum absolute atomic E-state index is 0. The number of fused-ring (bicyclic) bond motifs is 1. The standard InChI is InChI=1S/C25H31N3O6.ClH/c1-31-22-8-7-19(15-23(22)32-2)16-27(10-9-26-11-13-33-14-12-26)24(29)17-28-20-5-3-4-6-21(20)34-18-25(28)30;/h3-8,15H,9-14,16-18H2,1-2H3;1H. The summed E-state index contributed by atoms with van der Waals surface area (Å²) in [6.45, 7) is 4.61. The van der Waals surface area contributed by atoms with E-state index in [1.165, 1.54) is 4.90 Å². The second kappa shape index (κ2) is 12.6. The van der Waals surface area contributed by atoms with Crippen molar-refractivity contribution in [3.05, 3.63) is 48.0 Å². The van der Waals surface area contributed by atoms with Gasteiger partial charge in [0.15, 0.2) is 18.1 Å². The molecule has 2 aliphatic heterocycles. The number of carbonyl (C=O) groups is 2. The lowest BCUT2D eigenvalue weighted by Crippen LogP contribution is -2.48. The van der Waals surface area contributed by atoms with Gasteiger partial charge < -0.3 is 23.8 Å². The summed E-state index contributed by atoms with van der Waals surface area (Å²) in [6, 6.07) is 12.9. The maximum Gasteiger partial charge on any atom is 0.265 e. The number of carbonyl (C=O) groups excluding carboxylic acids is 2. The molecular weight excluding hydrogens is 474 g/mol. The van der Waals surface area contributed by atoms with Gasteiger partial charge in [0.2, 0.25) is 5.91 Å². The van der Waals surface area contributed by atoms with Gasteiger partial charge in [0, 0.05) is 32.7 Å². The number of amides is 2. The summed E-state index contributed by atoms with van der Waals surface area (Å²) in [7, 11) is 3.18. The first-order chi connectivity index (χ1) is 16.6. The number of ether oxygens (including phenoxy) is 4. The van der Waals surface area contributed by atoms with Crippen molar-refractivity contribution in [1.29, 1.82) is 0 Å². The normalized spacial score (nSPS) is 15.5. The van der Waals surface area contributed by atoms with E-state index >= 15 is 0 Å². The van der Waals surface area contributed by atoms with Crippen LogP contribution in [0.2, 0.25) is 0 Å². The van der Waals surface area contributed by atoms with Crippen molar-refractivity contribution >= 4 is 29.9 Å². The van der Waals surface area contributed by atoms with Crippen molar-refractivity contribution in [2.45, 2.75) is 6.54 Å². The van der Waals surface area contributed by atoms with Gasteiger partial charge in [-0.05, 0) is 29.8 Å². The molecular formula is C25H32ClN3O6.